The van der Waals surface area contributed by atoms with Crippen molar-refractivity contribution in [3.63, 3.8) is 0 Å². The number of aromatic nitrogens is 3. The molecule has 0 aliphatic carbocycles. The normalized spacial score (nSPS) is 11.2. The third-order valence-electron chi connectivity index (χ3n) is 2.53. The molecular formula is C11H7Cl2N3OS. The molecule has 7 heteroatoms. The highest BCUT2D eigenvalue weighted by Crippen LogP contribution is 2.33. The van der Waals surface area contributed by atoms with Crippen molar-refractivity contribution in [1.29, 1.82) is 0 Å². The average Bonchev–Trinajstić information content (AvgIpc) is 2.95. The minimum Gasteiger partial charge on any atom is -0.278 e. The minimum absolute atomic E-state index is 0.193. The van der Waals surface area contributed by atoms with Gasteiger partial charge in [-0.25, -0.2) is 4.98 Å². The maximum absolute atomic E-state index is 11.9. The predicted octanol–water partition coefficient (Wildman–Crippen LogP) is 3.14. The van der Waals surface area contributed by atoms with Crippen LogP contribution in [0.1, 0.15) is 5.69 Å². The van der Waals surface area contributed by atoms with Crippen LogP contribution in [0.5, 0.6) is 0 Å². The van der Waals surface area contributed by atoms with Gasteiger partial charge in [-0.2, -0.15) is 4.52 Å². The van der Waals surface area contributed by atoms with Gasteiger partial charge in [0.05, 0.1) is 17.1 Å². The Hall–Kier alpha value is -1.30. The molecule has 3 aromatic heterocycles. The number of aromatic amines is 1. The molecule has 92 valence electrons. The highest BCUT2D eigenvalue weighted by Gasteiger charge is 2.16. The standard InChI is InChI=1S/C11H7Cl2N3OS/c12-5-6-4-8(17)16-11(14-6)9(10(13)15-16)7-2-1-3-18-7/h1-4,15H,5H2. The van der Waals surface area contributed by atoms with Crippen LogP contribution in [0.3, 0.4) is 0 Å². The van der Waals surface area contributed by atoms with Gasteiger partial charge in [0.15, 0.2) is 5.65 Å². The Morgan fingerprint density at radius 2 is 2.33 bits per heavy atom. The predicted molar refractivity (Wildman–Crippen MR) is 73.7 cm³/mol. The van der Waals surface area contributed by atoms with Crippen molar-refractivity contribution in [3.8, 4) is 10.4 Å². The lowest BCUT2D eigenvalue weighted by Crippen LogP contribution is -2.15. The minimum atomic E-state index is -0.222. The molecule has 0 unspecified atom stereocenters. The number of rotatable bonds is 2. The second kappa shape index (κ2) is 4.42. The first-order valence-electron chi connectivity index (χ1n) is 5.10. The molecule has 3 aromatic rings. The van der Waals surface area contributed by atoms with E-state index >= 15 is 0 Å². The number of H-pyrrole nitrogens is 1. The van der Waals surface area contributed by atoms with E-state index in [0.717, 1.165) is 10.4 Å². The summed E-state index contributed by atoms with van der Waals surface area (Å²) >= 11 is 13.4. The summed E-state index contributed by atoms with van der Waals surface area (Å²) in [6.07, 6.45) is 0. The summed E-state index contributed by atoms with van der Waals surface area (Å²) in [5.41, 5.74) is 1.55. The Labute approximate surface area is 116 Å². The lowest BCUT2D eigenvalue weighted by Gasteiger charge is -1.98. The molecule has 0 radical (unpaired) electrons. The van der Waals surface area contributed by atoms with Crippen molar-refractivity contribution in [3.05, 3.63) is 44.8 Å². The van der Waals surface area contributed by atoms with Crippen LogP contribution >= 0.6 is 34.5 Å². The third kappa shape index (κ3) is 1.75. The molecular weight excluding hydrogens is 293 g/mol. The van der Waals surface area contributed by atoms with E-state index in [1.165, 1.54) is 21.9 Å². The molecule has 0 fully saturated rings. The quantitative estimate of drug-likeness (QED) is 0.739. The van der Waals surface area contributed by atoms with Gasteiger partial charge in [-0.3, -0.25) is 9.89 Å². The molecule has 4 nitrogen and oxygen atoms in total. The maximum Gasteiger partial charge on any atom is 0.272 e. The Balaban J connectivity index is 2.41. The van der Waals surface area contributed by atoms with Crippen molar-refractivity contribution in [1.82, 2.24) is 14.6 Å². The zero-order valence-electron chi connectivity index (χ0n) is 8.98. The number of nitrogens with one attached hydrogen (secondary N) is 1. The van der Waals surface area contributed by atoms with Gasteiger partial charge in [-0.05, 0) is 11.4 Å². The molecule has 0 amide bonds. The van der Waals surface area contributed by atoms with E-state index < -0.39 is 0 Å². The topological polar surface area (TPSA) is 50.2 Å². The molecule has 1 N–H and O–H groups in total. The number of hydrogen-bond donors (Lipinski definition) is 1. The van der Waals surface area contributed by atoms with E-state index in [1.807, 2.05) is 17.5 Å². The lowest BCUT2D eigenvalue weighted by molar-refractivity contribution is 0.888. The molecule has 0 saturated carbocycles. The summed E-state index contributed by atoms with van der Waals surface area (Å²) in [4.78, 5) is 17.2. The fourth-order valence-corrected chi connectivity index (χ4v) is 3.00. The van der Waals surface area contributed by atoms with Crippen molar-refractivity contribution in [2.45, 2.75) is 5.88 Å². The maximum atomic E-state index is 11.9. The summed E-state index contributed by atoms with van der Waals surface area (Å²) in [7, 11) is 0. The highest BCUT2D eigenvalue weighted by molar-refractivity contribution is 7.13. The monoisotopic (exact) mass is 299 g/mol. The molecule has 18 heavy (non-hydrogen) atoms. The first-order valence-corrected chi connectivity index (χ1v) is 6.90. The summed E-state index contributed by atoms with van der Waals surface area (Å²) in [6.45, 7) is 0. The fraction of sp³-hybridized carbons (Fsp3) is 0.0909. The van der Waals surface area contributed by atoms with Crippen molar-refractivity contribution < 1.29 is 0 Å². The van der Waals surface area contributed by atoms with Gasteiger partial charge >= 0.3 is 0 Å². The van der Waals surface area contributed by atoms with Crippen molar-refractivity contribution >= 4 is 40.2 Å². The van der Waals surface area contributed by atoms with E-state index in [1.54, 1.807) is 0 Å². The van der Waals surface area contributed by atoms with Gasteiger partial charge < -0.3 is 0 Å². The molecule has 0 aromatic carbocycles. The van der Waals surface area contributed by atoms with Gasteiger partial charge in [0.1, 0.15) is 5.15 Å². The first-order chi connectivity index (χ1) is 8.70. The van der Waals surface area contributed by atoms with E-state index in [0.29, 0.717) is 16.5 Å². The van der Waals surface area contributed by atoms with Crippen LogP contribution in [-0.2, 0) is 5.88 Å². The molecule has 0 aliphatic rings. The van der Waals surface area contributed by atoms with E-state index in [4.69, 9.17) is 23.2 Å². The highest BCUT2D eigenvalue weighted by atomic mass is 35.5. The van der Waals surface area contributed by atoms with Gasteiger partial charge in [-0.15, -0.1) is 22.9 Å². The largest absolute Gasteiger partial charge is 0.278 e. The van der Waals surface area contributed by atoms with Crippen LogP contribution in [0.25, 0.3) is 16.1 Å². The number of alkyl halides is 1. The molecule has 0 saturated heterocycles. The zero-order chi connectivity index (χ0) is 12.7. The van der Waals surface area contributed by atoms with Gasteiger partial charge in [0, 0.05) is 10.9 Å². The summed E-state index contributed by atoms with van der Waals surface area (Å²) in [5.74, 6) is 0.193. The van der Waals surface area contributed by atoms with Crippen LogP contribution < -0.4 is 5.56 Å². The van der Waals surface area contributed by atoms with Crippen molar-refractivity contribution in [2.75, 3.05) is 0 Å². The molecule has 0 aliphatic heterocycles. The number of halogens is 2. The molecule has 0 bridgehead atoms. The second-order valence-electron chi connectivity index (χ2n) is 3.66. The lowest BCUT2D eigenvalue weighted by atomic mass is 10.3. The van der Waals surface area contributed by atoms with Gasteiger partial charge in [0.25, 0.3) is 5.56 Å². The fourth-order valence-electron chi connectivity index (χ4n) is 1.77. The average molecular weight is 300 g/mol. The Morgan fingerprint density at radius 1 is 1.50 bits per heavy atom. The van der Waals surface area contributed by atoms with Crippen LogP contribution in [0.4, 0.5) is 0 Å². The van der Waals surface area contributed by atoms with Crippen LogP contribution in [-0.4, -0.2) is 14.6 Å². The smallest absolute Gasteiger partial charge is 0.272 e. The van der Waals surface area contributed by atoms with E-state index in [-0.39, 0.29) is 11.4 Å². The summed E-state index contributed by atoms with van der Waals surface area (Å²) in [5, 5.41) is 5.15. The number of hydrogen-bond acceptors (Lipinski definition) is 3. The van der Waals surface area contributed by atoms with E-state index in [9.17, 15) is 4.79 Å². The van der Waals surface area contributed by atoms with Crippen LogP contribution in [0.2, 0.25) is 5.15 Å². The van der Waals surface area contributed by atoms with E-state index in [2.05, 4.69) is 10.1 Å². The second-order valence-corrected chi connectivity index (χ2v) is 5.25. The molecule has 3 heterocycles. The van der Waals surface area contributed by atoms with Crippen molar-refractivity contribution in [2.24, 2.45) is 0 Å². The summed E-state index contributed by atoms with van der Waals surface area (Å²) in [6, 6.07) is 5.24. The Morgan fingerprint density at radius 3 is 3.00 bits per heavy atom. The third-order valence-corrected chi connectivity index (χ3v) is 3.96. The number of thiophene rings is 1. The molecule has 3 rings (SSSR count). The molecule has 0 atom stereocenters. The SMILES string of the molecule is O=c1cc(CCl)nc2c(-c3cccs3)c(Cl)[nH]n12. The van der Waals surface area contributed by atoms with Gasteiger partial charge in [-0.1, -0.05) is 17.7 Å². The number of nitrogens with zero attached hydrogens (tertiary/aromatic N) is 2. The first kappa shape index (κ1) is 11.8. The molecule has 0 spiro atoms. The zero-order valence-corrected chi connectivity index (χ0v) is 11.3. The Kier molecular flexibility index (Phi) is 2.89. The van der Waals surface area contributed by atoms with Crippen LogP contribution in [0.15, 0.2) is 28.4 Å². The Bertz CT molecular complexity index is 761. The van der Waals surface area contributed by atoms with Gasteiger partial charge in [0.2, 0.25) is 0 Å². The number of fused-ring (bicyclic) bond motifs is 1. The van der Waals surface area contributed by atoms with Crippen LogP contribution in [0, 0.1) is 0 Å². The summed E-state index contributed by atoms with van der Waals surface area (Å²) < 4.78 is 1.33.